The van der Waals surface area contributed by atoms with Crippen molar-refractivity contribution in [1.82, 2.24) is 20.2 Å². The van der Waals surface area contributed by atoms with Crippen LogP contribution in [-0.4, -0.2) is 25.1 Å². The Morgan fingerprint density at radius 2 is 2.41 bits per heavy atom. The SMILES string of the molecule is NNc1ncc([N+](=O)[O-])c(Sc2nncs2)n1. The highest BCUT2D eigenvalue weighted by molar-refractivity contribution is 8.01. The Balaban J connectivity index is 2.38. The van der Waals surface area contributed by atoms with Crippen LogP contribution in [0.4, 0.5) is 11.6 Å². The van der Waals surface area contributed by atoms with Crippen LogP contribution in [0.15, 0.2) is 21.1 Å². The summed E-state index contributed by atoms with van der Waals surface area (Å²) in [5.41, 5.74) is 3.54. The monoisotopic (exact) mass is 271 g/mol. The van der Waals surface area contributed by atoms with E-state index in [9.17, 15) is 10.1 Å². The largest absolute Gasteiger partial charge is 0.320 e. The van der Waals surface area contributed by atoms with Gasteiger partial charge in [-0.25, -0.2) is 10.8 Å². The molecule has 2 rings (SSSR count). The molecule has 2 aromatic heterocycles. The molecule has 0 aromatic carbocycles. The van der Waals surface area contributed by atoms with Gasteiger partial charge < -0.3 is 0 Å². The summed E-state index contributed by atoms with van der Waals surface area (Å²) < 4.78 is 0.551. The molecule has 0 bridgehead atoms. The molecule has 0 atom stereocenters. The molecular formula is C6H5N7O2S2. The summed E-state index contributed by atoms with van der Waals surface area (Å²) in [6.45, 7) is 0. The summed E-state index contributed by atoms with van der Waals surface area (Å²) in [5, 5.41) is 18.3. The maximum Gasteiger partial charge on any atom is 0.320 e. The van der Waals surface area contributed by atoms with Gasteiger partial charge in [-0.2, -0.15) is 4.98 Å². The summed E-state index contributed by atoms with van der Waals surface area (Å²) >= 11 is 2.29. The van der Waals surface area contributed by atoms with Gasteiger partial charge in [0.25, 0.3) is 0 Å². The lowest BCUT2D eigenvalue weighted by Gasteiger charge is -2.01. The van der Waals surface area contributed by atoms with Gasteiger partial charge in [-0.15, -0.1) is 10.2 Å². The summed E-state index contributed by atoms with van der Waals surface area (Å²) in [7, 11) is 0. The van der Waals surface area contributed by atoms with Crippen LogP contribution in [0.5, 0.6) is 0 Å². The Hall–Kier alpha value is -1.85. The lowest BCUT2D eigenvalue weighted by molar-refractivity contribution is -0.388. The van der Waals surface area contributed by atoms with Gasteiger partial charge in [0.2, 0.25) is 5.95 Å². The van der Waals surface area contributed by atoms with Gasteiger partial charge in [-0.05, 0) is 11.8 Å². The molecule has 0 unspecified atom stereocenters. The summed E-state index contributed by atoms with van der Waals surface area (Å²) in [6, 6.07) is 0. The highest BCUT2D eigenvalue weighted by Crippen LogP contribution is 2.33. The van der Waals surface area contributed by atoms with E-state index in [0.29, 0.717) is 4.34 Å². The Morgan fingerprint density at radius 1 is 1.59 bits per heavy atom. The number of aromatic nitrogens is 4. The Bertz CT molecular complexity index is 531. The third-order valence-electron chi connectivity index (χ3n) is 1.59. The van der Waals surface area contributed by atoms with E-state index < -0.39 is 4.92 Å². The van der Waals surface area contributed by atoms with E-state index in [1.807, 2.05) is 0 Å². The van der Waals surface area contributed by atoms with Crippen molar-refractivity contribution in [3.8, 4) is 0 Å². The molecular weight excluding hydrogens is 266 g/mol. The second-order valence-corrected chi connectivity index (χ2v) is 4.66. The van der Waals surface area contributed by atoms with Gasteiger partial charge in [-0.1, -0.05) is 11.3 Å². The molecule has 0 radical (unpaired) electrons. The predicted molar refractivity (Wildman–Crippen MR) is 60.5 cm³/mol. The number of nitro groups is 1. The Kier molecular flexibility index (Phi) is 3.41. The first-order chi connectivity index (χ1) is 8.20. The number of nitrogen functional groups attached to an aromatic ring is 1. The van der Waals surface area contributed by atoms with Gasteiger partial charge in [0, 0.05) is 0 Å². The molecule has 2 aromatic rings. The average molecular weight is 271 g/mol. The molecule has 0 aliphatic rings. The maximum absolute atomic E-state index is 10.8. The predicted octanol–water partition coefficient (Wildman–Crippen LogP) is 0.673. The molecule has 0 fully saturated rings. The molecule has 2 heterocycles. The minimum Gasteiger partial charge on any atom is -0.292 e. The fourth-order valence-corrected chi connectivity index (χ4v) is 2.37. The average Bonchev–Trinajstić information content (AvgIpc) is 2.81. The maximum atomic E-state index is 10.8. The van der Waals surface area contributed by atoms with Crippen molar-refractivity contribution < 1.29 is 4.92 Å². The van der Waals surface area contributed by atoms with Crippen molar-refractivity contribution in [2.75, 3.05) is 5.43 Å². The molecule has 0 saturated heterocycles. The summed E-state index contributed by atoms with van der Waals surface area (Å²) in [5.74, 6) is 5.24. The minimum absolute atomic E-state index is 0.0996. The van der Waals surface area contributed by atoms with E-state index in [1.165, 1.54) is 16.8 Å². The zero-order valence-electron chi connectivity index (χ0n) is 8.10. The van der Waals surface area contributed by atoms with Gasteiger partial charge in [0.05, 0.1) is 4.92 Å². The molecule has 0 spiro atoms. The van der Waals surface area contributed by atoms with E-state index in [2.05, 4.69) is 25.6 Å². The minimum atomic E-state index is -0.566. The molecule has 0 amide bonds. The molecule has 11 heteroatoms. The molecule has 17 heavy (non-hydrogen) atoms. The number of rotatable bonds is 4. The number of nitrogens with one attached hydrogen (secondary N) is 1. The van der Waals surface area contributed by atoms with Crippen molar-refractivity contribution >= 4 is 34.7 Å². The van der Waals surface area contributed by atoms with E-state index >= 15 is 0 Å². The number of anilines is 1. The second kappa shape index (κ2) is 4.99. The van der Waals surface area contributed by atoms with Crippen LogP contribution in [-0.2, 0) is 0 Å². The number of nitrogens with two attached hydrogens (primary N) is 1. The van der Waals surface area contributed by atoms with Gasteiger partial charge in [0.1, 0.15) is 11.7 Å². The van der Waals surface area contributed by atoms with Crippen LogP contribution < -0.4 is 11.3 Å². The van der Waals surface area contributed by atoms with Crippen LogP contribution in [0.3, 0.4) is 0 Å². The molecule has 0 saturated carbocycles. The van der Waals surface area contributed by atoms with Crippen LogP contribution in [0.2, 0.25) is 0 Å². The molecule has 3 N–H and O–H groups in total. The highest BCUT2D eigenvalue weighted by Gasteiger charge is 2.19. The lowest BCUT2D eigenvalue weighted by atomic mass is 10.5. The smallest absolute Gasteiger partial charge is 0.292 e. The van der Waals surface area contributed by atoms with E-state index in [1.54, 1.807) is 0 Å². The van der Waals surface area contributed by atoms with E-state index in [-0.39, 0.29) is 16.7 Å². The molecule has 0 aliphatic carbocycles. The lowest BCUT2D eigenvalue weighted by Crippen LogP contribution is -2.11. The van der Waals surface area contributed by atoms with Crippen LogP contribution >= 0.6 is 23.1 Å². The fraction of sp³-hybridized carbons (Fsp3) is 0. The van der Waals surface area contributed by atoms with E-state index in [0.717, 1.165) is 18.0 Å². The third-order valence-corrected chi connectivity index (χ3v) is 3.36. The van der Waals surface area contributed by atoms with Gasteiger partial charge in [0.15, 0.2) is 9.37 Å². The highest BCUT2D eigenvalue weighted by atomic mass is 32.2. The zero-order valence-corrected chi connectivity index (χ0v) is 9.73. The third kappa shape index (κ3) is 2.64. The van der Waals surface area contributed by atoms with Crippen LogP contribution in [0.25, 0.3) is 0 Å². The first kappa shape index (κ1) is 11.6. The van der Waals surface area contributed by atoms with Crippen molar-refractivity contribution in [3.63, 3.8) is 0 Å². The van der Waals surface area contributed by atoms with Gasteiger partial charge >= 0.3 is 5.69 Å². The van der Waals surface area contributed by atoms with Gasteiger partial charge in [-0.3, -0.25) is 15.5 Å². The standard InChI is InChI=1S/C6H5N7O2S2/c7-11-5-8-1-3(13(14)15)4(10-5)17-6-12-9-2-16-6/h1-2H,7H2,(H,8,10,11). The quantitative estimate of drug-likeness (QED) is 0.356. The molecule has 0 aliphatic heterocycles. The summed E-state index contributed by atoms with van der Waals surface area (Å²) in [4.78, 5) is 17.8. The number of hydrogen-bond acceptors (Lipinski definition) is 10. The number of nitrogens with zero attached hydrogens (tertiary/aromatic N) is 5. The molecule has 9 nitrogen and oxygen atoms in total. The van der Waals surface area contributed by atoms with Crippen molar-refractivity contribution in [1.29, 1.82) is 0 Å². The second-order valence-electron chi connectivity index (χ2n) is 2.59. The zero-order chi connectivity index (χ0) is 12.3. The van der Waals surface area contributed by atoms with Crippen molar-refractivity contribution in [3.05, 3.63) is 21.8 Å². The Morgan fingerprint density at radius 3 is 3.00 bits per heavy atom. The molecule has 88 valence electrons. The fourth-order valence-electron chi connectivity index (χ4n) is 0.920. The topological polar surface area (TPSA) is 133 Å². The summed E-state index contributed by atoms with van der Waals surface area (Å²) in [6.07, 6.45) is 1.09. The number of hydrazine groups is 1. The first-order valence-corrected chi connectivity index (χ1v) is 5.82. The first-order valence-electron chi connectivity index (χ1n) is 4.13. The van der Waals surface area contributed by atoms with Crippen LogP contribution in [0.1, 0.15) is 0 Å². The number of hydrogen-bond donors (Lipinski definition) is 2. The Labute approximate surface area is 103 Å². The van der Waals surface area contributed by atoms with E-state index in [4.69, 9.17) is 5.84 Å². The van der Waals surface area contributed by atoms with Crippen molar-refractivity contribution in [2.45, 2.75) is 9.37 Å². The van der Waals surface area contributed by atoms with Crippen LogP contribution in [0, 0.1) is 10.1 Å². The normalized spacial score (nSPS) is 10.2. The van der Waals surface area contributed by atoms with Crippen molar-refractivity contribution in [2.24, 2.45) is 5.84 Å².